The third-order valence-electron chi connectivity index (χ3n) is 13.9. The summed E-state index contributed by atoms with van der Waals surface area (Å²) in [5.41, 5.74) is 9.58. The van der Waals surface area contributed by atoms with Crippen LogP contribution in [0.2, 0.25) is 0 Å². The molecular weight excluding hydrogens is 665 g/mol. The summed E-state index contributed by atoms with van der Waals surface area (Å²) in [6.45, 7) is 9.09. The molecule has 0 spiro atoms. The molecule has 288 valence electrons. The summed E-state index contributed by atoms with van der Waals surface area (Å²) < 4.78 is 0. The molecule has 0 aromatic heterocycles. The Labute approximate surface area is 334 Å². The Morgan fingerprint density at radius 3 is 1.60 bits per heavy atom. The molecule has 0 radical (unpaired) electrons. The third-order valence-corrected chi connectivity index (χ3v) is 13.9. The lowest BCUT2D eigenvalue weighted by Gasteiger charge is -2.47. The van der Waals surface area contributed by atoms with Crippen LogP contribution >= 0.6 is 0 Å². The molecular formula is C53H66N2. The minimum absolute atomic E-state index is 0.113. The normalized spacial score (nSPS) is 23.7. The van der Waals surface area contributed by atoms with Gasteiger partial charge < -0.3 is 0 Å². The summed E-state index contributed by atoms with van der Waals surface area (Å²) >= 11 is 0. The van der Waals surface area contributed by atoms with E-state index in [-0.39, 0.29) is 17.3 Å². The van der Waals surface area contributed by atoms with Gasteiger partial charge >= 0.3 is 0 Å². The van der Waals surface area contributed by atoms with Crippen molar-refractivity contribution in [3.8, 4) is 34.4 Å². The molecule has 2 aliphatic carbocycles. The van der Waals surface area contributed by atoms with E-state index in [1.54, 1.807) is 0 Å². The summed E-state index contributed by atoms with van der Waals surface area (Å²) in [7, 11) is 0. The molecule has 0 saturated heterocycles. The fraction of sp³-hybridized carbons (Fsp3) is 0.509. The number of hydrogen-bond donors (Lipinski definition) is 0. The van der Waals surface area contributed by atoms with Gasteiger partial charge in [-0.2, -0.15) is 10.5 Å². The Morgan fingerprint density at radius 2 is 1.09 bits per heavy atom. The first-order valence-electron chi connectivity index (χ1n) is 22.1. The predicted molar refractivity (Wildman–Crippen MR) is 232 cm³/mol. The fourth-order valence-electron chi connectivity index (χ4n) is 10.5. The maximum Gasteiger partial charge on any atom is 0.0693 e. The van der Waals surface area contributed by atoms with Gasteiger partial charge in [0.2, 0.25) is 0 Å². The van der Waals surface area contributed by atoms with Crippen molar-refractivity contribution in [3.63, 3.8) is 0 Å². The molecule has 2 aliphatic rings. The Bertz CT molecular complexity index is 1860. The molecule has 4 aromatic carbocycles. The van der Waals surface area contributed by atoms with Crippen molar-refractivity contribution in [2.24, 2.45) is 28.6 Å². The zero-order valence-corrected chi connectivity index (χ0v) is 34.5. The highest BCUT2D eigenvalue weighted by molar-refractivity contribution is 5.65. The van der Waals surface area contributed by atoms with Crippen LogP contribution in [-0.2, 0) is 19.3 Å². The molecule has 0 aliphatic heterocycles. The first-order valence-corrected chi connectivity index (χ1v) is 22.1. The van der Waals surface area contributed by atoms with Crippen molar-refractivity contribution >= 4 is 0 Å². The monoisotopic (exact) mass is 731 g/mol. The molecule has 6 unspecified atom stereocenters. The summed E-state index contributed by atoms with van der Waals surface area (Å²) in [5, 5.41) is 22.5. The average molecular weight is 731 g/mol. The zero-order valence-electron chi connectivity index (χ0n) is 34.5. The molecule has 0 bridgehead atoms. The minimum Gasteiger partial charge on any atom is -0.198 e. The lowest BCUT2D eigenvalue weighted by atomic mass is 9.54. The largest absolute Gasteiger partial charge is 0.198 e. The van der Waals surface area contributed by atoms with Gasteiger partial charge in [0.1, 0.15) is 0 Å². The predicted octanol–water partition coefficient (Wildman–Crippen LogP) is 14.9. The zero-order chi connectivity index (χ0) is 38.7. The van der Waals surface area contributed by atoms with Gasteiger partial charge in [-0.1, -0.05) is 176 Å². The van der Waals surface area contributed by atoms with Crippen molar-refractivity contribution < 1.29 is 0 Å². The van der Waals surface area contributed by atoms with E-state index in [9.17, 15) is 10.5 Å². The Morgan fingerprint density at radius 1 is 0.582 bits per heavy atom. The number of rotatable bonds is 16. The highest BCUT2D eigenvalue weighted by Crippen LogP contribution is 2.56. The summed E-state index contributed by atoms with van der Waals surface area (Å²) in [5.74, 6) is 1.40. The van der Waals surface area contributed by atoms with Crippen LogP contribution in [0.25, 0.3) is 22.3 Å². The van der Waals surface area contributed by atoms with E-state index in [1.165, 1.54) is 70.2 Å². The van der Waals surface area contributed by atoms with Gasteiger partial charge in [0, 0.05) is 0 Å². The van der Waals surface area contributed by atoms with E-state index >= 15 is 0 Å². The van der Waals surface area contributed by atoms with Crippen LogP contribution in [0, 0.1) is 51.2 Å². The van der Waals surface area contributed by atoms with Gasteiger partial charge in [0.05, 0.1) is 23.0 Å². The van der Waals surface area contributed by atoms with Crippen LogP contribution in [0.15, 0.2) is 97.1 Å². The Kier molecular flexibility index (Phi) is 14.1. The van der Waals surface area contributed by atoms with Crippen molar-refractivity contribution in [2.75, 3.05) is 0 Å². The average Bonchev–Trinajstić information content (AvgIpc) is 3.25. The maximum atomic E-state index is 11.4. The molecule has 6 rings (SSSR count). The summed E-state index contributed by atoms with van der Waals surface area (Å²) in [4.78, 5) is 0. The van der Waals surface area contributed by atoms with E-state index < -0.39 is 5.41 Å². The topological polar surface area (TPSA) is 47.6 Å². The van der Waals surface area contributed by atoms with Crippen LogP contribution in [0.5, 0.6) is 0 Å². The summed E-state index contributed by atoms with van der Waals surface area (Å²) in [6.07, 6.45) is 18.3. The van der Waals surface area contributed by atoms with Crippen molar-refractivity contribution in [2.45, 2.75) is 143 Å². The van der Waals surface area contributed by atoms with Crippen LogP contribution < -0.4 is 0 Å². The van der Waals surface area contributed by atoms with E-state index in [2.05, 4.69) is 137 Å². The lowest BCUT2D eigenvalue weighted by molar-refractivity contribution is 0.0763. The second-order valence-corrected chi connectivity index (χ2v) is 17.6. The van der Waals surface area contributed by atoms with Crippen LogP contribution in [0.4, 0.5) is 0 Å². The first-order chi connectivity index (χ1) is 26.9. The van der Waals surface area contributed by atoms with E-state index in [0.29, 0.717) is 11.8 Å². The Hall–Kier alpha value is -4.14. The number of nitriles is 2. The van der Waals surface area contributed by atoms with Gasteiger partial charge in [-0.05, 0) is 126 Å². The Balaban J connectivity index is 1.40. The SMILES string of the molecule is CCCCc1ccc(-c2ccc(C(CC3(C#N)CCCC(CC)C3)C(Cc3ccc(-c4ccc(CCC)cc4)cc3)C3(C#N)CCCC(CC)C3)cc2)cc1. The molecule has 4 aromatic rings. The highest BCUT2D eigenvalue weighted by atomic mass is 14.5. The van der Waals surface area contributed by atoms with Gasteiger partial charge in [-0.3, -0.25) is 0 Å². The molecule has 2 saturated carbocycles. The van der Waals surface area contributed by atoms with E-state index in [1.807, 2.05) is 0 Å². The third kappa shape index (κ3) is 9.82. The second-order valence-electron chi connectivity index (χ2n) is 17.6. The van der Waals surface area contributed by atoms with Crippen molar-refractivity contribution in [3.05, 3.63) is 119 Å². The fourth-order valence-corrected chi connectivity index (χ4v) is 10.5. The maximum absolute atomic E-state index is 11.4. The number of nitrogens with zero attached hydrogens (tertiary/aromatic N) is 2. The molecule has 0 heterocycles. The summed E-state index contributed by atoms with van der Waals surface area (Å²) in [6, 6.07) is 42.8. The first kappa shape index (κ1) is 40.5. The van der Waals surface area contributed by atoms with E-state index in [0.717, 1.165) is 83.5 Å². The van der Waals surface area contributed by atoms with Crippen LogP contribution in [-0.4, -0.2) is 0 Å². The number of aryl methyl sites for hydroxylation is 2. The molecule has 2 fully saturated rings. The molecule has 2 nitrogen and oxygen atoms in total. The molecule has 6 atom stereocenters. The second kappa shape index (κ2) is 19.1. The van der Waals surface area contributed by atoms with Gasteiger partial charge in [-0.25, -0.2) is 0 Å². The van der Waals surface area contributed by atoms with Gasteiger partial charge in [0.15, 0.2) is 0 Å². The number of unbranched alkanes of at least 4 members (excludes halogenated alkanes) is 1. The van der Waals surface area contributed by atoms with Crippen molar-refractivity contribution in [1.29, 1.82) is 10.5 Å². The molecule has 55 heavy (non-hydrogen) atoms. The number of hydrogen-bond acceptors (Lipinski definition) is 2. The van der Waals surface area contributed by atoms with Crippen molar-refractivity contribution in [1.82, 2.24) is 0 Å². The lowest BCUT2D eigenvalue weighted by Crippen LogP contribution is -2.41. The van der Waals surface area contributed by atoms with Gasteiger partial charge in [0.25, 0.3) is 0 Å². The van der Waals surface area contributed by atoms with Crippen LogP contribution in [0.1, 0.15) is 146 Å². The molecule has 0 amide bonds. The van der Waals surface area contributed by atoms with Crippen LogP contribution in [0.3, 0.4) is 0 Å². The molecule has 0 N–H and O–H groups in total. The molecule has 2 heteroatoms. The minimum atomic E-state index is -0.431. The van der Waals surface area contributed by atoms with E-state index in [4.69, 9.17) is 0 Å². The highest BCUT2D eigenvalue weighted by Gasteiger charge is 2.49. The number of benzene rings is 4. The quantitative estimate of drug-likeness (QED) is 0.115. The standard InChI is InChI=1S/C53H66N2/c1-5-9-13-43-18-24-46(25-19-43)48-28-30-49(31-29-48)50(37-52(38-54)32-10-14-40(7-3)35-52)51(53(39-55)33-11-15-41(8-4)36-53)34-44-20-26-47(27-21-44)45-22-16-42(12-6-2)17-23-45/h16-31,40-41,50-51H,5-15,32-37H2,1-4H3. The smallest absolute Gasteiger partial charge is 0.0693 e. The van der Waals surface area contributed by atoms with Gasteiger partial charge in [-0.15, -0.1) is 0 Å².